The molecule has 0 aliphatic heterocycles. The van der Waals surface area contributed by atoms with Gasteiger partial charge < -0.3 is 10.2 Å². The minimum atomic E-state index is -0.300. The first kappa shape index (κ1) is 16.2. The lowest BCUT2D eigenvalue weighted by molar-refractivity contribution is -0.130. The van der Waals surface area contributed by atoms with E-state index in [1.807, 2.05) is 0 Å². The highest BCUT2D eigenvalue weighted by Crippen LogP contribution is 2.27. The maximum Gasteiger partial charge on any atom is 0.237 e. The maximum atomic E-state index is 13.8. The molecule has 1 aromatic rings. The summed E-state index contributed by atoms with van der Waals surface area (Å²) >= 11 is 3.32. The fraction of sp³-hybridized carbons (Fsp3) is 0.438. The fourth-order valence-corrected chi connectivity index (χ4v) is 2.51. The molecule has 0 radical (unpaired) electrons. The Kier molecular flexibility index (Phi) is 5.94. The number of nitrogens with zero attached hydrogens (tertiary/aromatic N) is 1. The second kappa shape index (κ2) is 7.71. The van der Waals surface area contributed by atoms with Crippen molar-refractivity contribution in [3.8, 4) is 0 Å². The van der Waals surface area contributed by atoms with Gasteiger partial charge in [-0.3, -0.25) is 4.79 Å². The molecule has 0 bridgehead atoms. The second-order valence-electron chi connectivity index (χ2n) is 5.37. The van der Waals surface area contributed by atoms with Crippen LogP contribution in [0.1, 0.15) is 18.4 Å². The van der Waals surface area contributed by atoms with E-state index in [1.54, 1.807) is 23.1 Å². The van der Waals surface area contributed by atoms with Gasteiger partial charge in [-0.05, 0) is 43.5 Å². The Hall–Kier alpha value is -1.20. The van der Waals surface area contributed by atoms with E-state index >= 15 is 0 Å². The van der Waals surface area contributed by atoms with Gasteiger partial charge in [-0.15, -0.1) is 6.58 Å². The van der Waals surface area contributed by atoms with E-state index in [4.69, 9.17) is 0 Å². The zero-order valence-corrected chi connectivity index (χ0v) is 13.5. The van der Waals surface area contributed by atoms with Crippen LogP contribution in [0.15, 0.2) is 35.3 Å². The van der Waals surface area contributed by atoms with Gasteiger partial charge in [0, 0.05) is 23.1 Å². The molecule has 0 heterocycles. The van der Waals surface area contributed by atoms with Crippen molar-refractivity contribution in [3.05, 3.63) is 46.7 Å². The highest BCUT2D eigenvalue weighted by atomic mass is 79.9. The van der Waals surface area contributed by atoms with Crippen LogP contribution in [0.2, 0.25) is 0 Å². The average molecular weight is 355 g/mol. The van der Waals surface area contributed by atoms with E-state index in [0.29, 0.717) is 18.7 Å². The van der Waals surface area contributed by atoms with Crippen LogP contribution < -0.4 is 5.32 Å². The molecule has 0 atom stereocenters. The van der Waals surface area contributed by atoms with E-state index in [2.05, 4.69) is 27.8 Å². The number of benzene rings is 1. The highest BCUT2D eigenvalue weighted by molar-refractivity contribution is 9.10. The number of carbonyl (C=O) groups is 1. The Balaban J connectivity index is 1.94. The molecule has 1 amide bonds. The molecule has 1 saturated carbocycles. The van der Waals surface area contributed by atoms with Crippen LogP contribution in [-0.2, 0) is 11.3 Å². The molecule has 21 heavy (non-hydrogen) atoms. The Morgan fingerprint density at radius 2 is 2.29 bits per heavy atom. The minimum absolute atomic E-state index is 0.0325. The van der Waals surface area contributed by atoms with Crippen molar-refractivity contribution in [3.63, 3.8) is 0 Å². The Labute approximate surface area is 133 Å². The van der Waals surface area contributed by atoms with Crippen molar-refractivity contribution < 1.29 is 9.18 Å². The lowest BCUT2D eigenvalue weighted by Gasteiger charge is -2.22. The van der Waals surface area contributed by atoms with Crippen LogP contribution in [0.3, 0.4) is 0 Å². The molecule has 114 valence electrons. The van der Waals surface area contributed by atoms with E-state index in [9.17, 15) is 9.18 Å². The van der Waals surface area contributed by atoms with Crippen molar-refractivity contribution in [1.82, 2.24) is 10.2 Å². The first-order valence-corrected chi connectivity index (χ1v) is 7.92. The van der Waals surface area contributed by atoms with Crippen LogP contribution in [0.5, 0.6) is 0 Å². The first-order chi connectivity index (χ1) is 10.1. The summed E-state index contributed by atoms with van der Waals surface area (Å²) in [6.45, 7) is 5.51. The number of hydrogen-bond acceptors (Lipinski definition) is 2. The van der Waals surface area contributed by atoms with Gasteiger partial charge in [-0.2, -0.15) is 0 Å². The molecular formula is C16H20BrFN2O. The molecule has 1 fully saturated rings. The Bertz CT molecular complexity index is 517. The van der Waals surface area contributed by atoms with E-state index in [-0.39, 0.29) is 18.3 Å². The molecular weight excluding hydrogens is 335 g/mol. The lowest BCUT2D eigenvalue weighted by Crippen LogP contribution is -2.38. The lowest BCUT2D eigenvalue weighted by atomic mass is 10.2. The Morgan fingerprint density at radius 1 is 1.52 bits per heavy atom. The van der Waals surface area contributed by atoms with Gasteiger partial charge in [0.25, 0.3) is 0 Å². The zero-order valence-electron chi connectivity index (χ0n) is 11.9. The van der Waals surface area contributed by atoms with E-state index in [0.717, 1.165) is 16.9 Å². The highest BCUT2D eigenvalue weighted by Gasteiger charge is 2.21. The molecule has 1 aliphatic carbocycles. The van der Waals surface area contributed by atoms with Crippen LogP contribution in [0, 0.1) is 11.7 Å². The van der Waals surface area contributed by atoms with Crippen molar-refractivity contribution in [1.29, 1.82) is 0 Å². The number of carbonyl (C=O) groups excluding carboxylic acids is 1. The molecule has 2 rings (SSSR count). The van der Waals surface area contributed by atoms with Gasteiger partial charge in [0.15, 0.2) is 0 Å². The summed E-state index contributed by atoms with van der Waals surface area (Å²) in [5, 5.41) is 3.17. The van der Waals surface area contributed by atoms with Crippen molar-refractivity contribution in [2.45, 2.75) is 19.4 Å². The third-order valence-electron chi connectivity index (χ3n) is 3.48. The average Bonchev–Trinajstić information content (AvgIpc) is 3.26. The summed E-state index contributed by atoms with van der Waals surface area (Å²) in [5.41, 5.74) is 0.502. The van der Waals surface area contributed by atoms with Gasteiger partial charge in [0.2, 0.25) is 5.91 Å². The molecule has 1 N–H and O–H groups in total. The minimum Gasteiger partial charge on any atom is -0.333 e. The molecule has 0 unspecified atom stereocenters. The predicted molar refractivity (Wildman–Crippen MR) is 85.3 cm³/mol. The molecule has 0 spiro atoms. The zero-order chi connectivity index (χ0) is 15.2. The van der Waals surface area contributed by atoms with Crippen LogP contribution >= 0.6 is 15.9 Å². The van der Waals surface area contributed by atoms with E-state index < -0.39 is 0 Å². The number of rotatable bonds is 8. The van der Waals surface area contributed by atoms with E-state index in [1.165, 1.54) is 18.9 Å². The monoisotopic (exact) mass is 354 g/mol. The van der Waals surface area contributed by atoms with Crippen LogP contribution in [-0.4, -0.2) is 30.4 Å². The molecule has 5 heteroatoms. The number of hydrogen-bond donors (Lipinski definition) is 1. The van der Waals surface area contributed by atoms with Crippen molar-refractivity contribution in [2.75, 3.05) is 19.6 Å². The number of halogens is 2. The summed E-state index contributed by atoms with van der Waals surface area (Å²) in [5.74, 6) is 0.397. The standard InChI is InChI=1S/C16H20BrFN2O/c1-2-7-20(16(21)10-19-9-12-3-4-12)11-13-8-14(17)5-6-15(13)18/h2,5-6,8,12,19H,1,3-4,7,9-11H2. The molecule has 1 aromatic carbocycles. The Morgan fingerprint density at radius 3 is 2.95 bits per heavy atom. The van der Waals surface area contributed by atoms with Crippen molar-refractivity contribution in [2.24, 2.45) is 5.92 Å². The predicted octanol–water partition coefficient (Wildman–Crippen LogP) is 3.10. The third kappa shape index (κ3) is 5.25. The first-order valence-electron chi connectivity index (χ1n) is 7.13. The number of nitrogens with one attached hydrogen (secondary N) is 1. The summed E-state index contributed by atoms with van der Waals surface area (Å²) in [7, 11) is 0. The van der Waals surface area contributed by atoms with Gasteiger partial charge >= 0.3 is 0 Å². The van der Waals surface area contributed by atoms with Gasteiger partial charge in [0.1, 0.15) is 5.82 Å². The normalized spacial score (nSPS) is 14.0. The van der Waals surface area contributed by atoms with Gasteiger partial charge in [-0.25, -0.2) is 4.39 Å². The molecule has 1 aliphatic rings. The second-order valence-corrected chi connectivity index (χ2v) is 6.29. The maximum absolute atomic E-state index is 13.8. The summed E-state index contributed by atoms with van der Waals surface area (Å²) in [6, 6.07) is 4.76. The van der Waals surface area contributed by atoms with Gasteiger partial charge in [0.05, 0.1) is 6.54 Å². The van der Waals surface area contributed by atoms with Crippen LogP contribution in [0.4, 0.5) is 4.39 Å². The summed E-state index contributed by atoms with van der Waals surface area (Å²) in [4.78, 5) is 13.8. The van der Waals surface area contributed by atoms with Gasteiger partial charge in [-0.1, -0.05) is 22.0 Å². The number of amides is 1. The quantitative estimate of drug-likeness (QED) is 0.727. The fourth-order valence-electron chi connectivity index (χ4n) is 2.10. The summed E-state index contributed by atoms with van der Waals surface area (Å²) in [6.07, 6.45) is 4.16. The molecule has 3 nitrogen and oxygen atoms in total. The molecule has 0 saturated heterocycles. The topological polar surface area (TPSA) is 32.3 Å². The van der Waals surface area contributed by atoms with Crippen molar-refractivity contribution >= 4 is 21.8 Å². The summed E-state index contributed by atoms with van der Waals surface area (Å²) < 4.78 is 14.6. The smallest absolute Gasteiger partial charge is 0.237 e. The molecule has 0 aromatic heterocycles. The largest absolute Gasteiger partial charge is 0.333 e. The SMILES string of the molecule is C=CCN(Cc1cc(Br)ccc1F)C(=O)CNCC1CC1. The third-order valence-corrected chi connectivity index (χ3v) is 3.97. The van der Waals surface area contributed by atoms with Crippen LogP contribution in [0.25, 0.3) is 0 Å².